The molecule has 0 fully saturated rings. The molecule has 4 heteroatoms. The molecule has 0 atom stereocenters. The molecule has 0 spiro atoms. The van der Waals surface area contributed by atoms with Gasteiger partial charge in [0.05, 0.1) is 0 Å². The van der Waals surface area contributed by atoms with Gasteiger partial charge in [0, 0.05) is 26.4 Å². The molecule has 0 rings (SSSR count). The highest BCUT2D eigenvalue weighted by molar-refractivity contribution is 5.76. The highest BCUT2D eigenvalue weighted by Crippen LogP contribution is 1.97. The highest BCUT2D eigenvalue weighted by atomic mass is 16.2. The average Bonchev–Trinajstić information content (AvgIpc) is 2.14. The summed E-state index contributed by atoms with van der Waals surface area (Å²) in [5, 5.41) is 5.32. The van der Waals surface area contributed by atoms with Crippen molar-refractivity contribution in [1.82, 2.24) is 10.6 Å². The van der Waals surface area contributed by atoms with Crippen molar-refractivity contribution in [2.45, 2.75) is 41.0 Å². The zero-order valence-electron chi connectivity index (χ0n) is 10.5. The minimum absolute atomic E-state index is 0.0420. The van der Waals surface area contributed by atoms with Crippen LogP contribution in [0, 0.1) is 5.92 Å². The van der Waals surface area contributed by atoms with Crippen molar-refractivity contribution in [2.75, 3.05) is 13.1 Å². The first-order chi connectivity index (χ1) is 7.02. The van der Waals surface area contributed by atoms with E-state index >= 15 is 0 Å². The number of carbonyl (C=O) groups is 2. The molecule has 0 aromatic carbocycles. The van der Waals surface area contributed by atoms with Crippen LogP contribution in [0.15, 0.2) is 0 Å². The molecule has 0 radical (unpaired) electrons. The summed E-state index contributed by atoms with van der Waals surface area (Å²) in [6, 6.07) is 0. The van der Waals surface area contributed by atoms with Crippen molar-refractivity contribution in [3.05, 3.63) is 0 Å². The standard InChI is InChI=1S/C9H18N2O2.C2H6/c1-7(2)6-9(13)11-5-4-10-8(3)12;1-2/h7H,4-6H2,1-3H3,(H,10,12)(H,11,13);1-2H3. The summed E-state index contributed by atoms with van der Waals surface area (Å²) in [6.45, 7) is 10.4. The Kier molecular flexibility index (Phi) is 12.0. The van der Waals surface area contributed by atoms with Gasteiger partial charge in [-0.15, -0.1) is 0 Å². The van der Waals surface area contributed by atoms with E-state index in [9.17, 15) is 9.59 Å². The van der Waals surface area contributed by atoms with Crippen LogP contribution in [0.5, 0.6) is 0 Å². The zero-order chi connectivity index (χ0) is 12.3. The maximum atomic E-state index is 11.1. The van der Waals surface area contributed by atoms with E-state index in [1.165, 1.54) is 6.92 Å². The third kappa shape index (κ3) is 15.7. The molecule has 0 aromatic heterocycles. The van der Waals surface area contributed by atoms with E-state index in [1.54, 1.807) is 0 Å². The first-order valence-corrected chi connectivity index (χ1v) is 5.53. The van der Waals surface area contributed by atoms with Crippen molar-refractivity contribution >= 4 is 11.8 Å². The molecule has 0 saturated carbocycles. The molecular formula is C11H24N2O2. The van der Waals surface area contributed by atoms with Gasteiger partial charge in [-0.1, -0.05) is 27.7 Å². The predicted octanol–water partition coefficient (Wildman–Crippen LogP) is 1.31. The largest absolute Gasteiger partial charge is 0.355 e. The molecule has 0 aliphatic rings. The maximum Gasteiger partial charge on any atom is 0.220 e. The van der Waals surface area contributed by atoms with E-state index in [2.05, 4.69) is 10.6 Å². The summed E-state index contributed by atoms with van der Waals surface area (Å²) in [7, 11) is 0. The number of carbonyl (C=O) groups excluding carboxylic acids is 2. The second-order valence-corrected chi connectivity index (χ2v) is 3.43. The summed E-state index contributed by atoms with van der Waals surface area (Å²) in [6.07, 6.45) is 0.542. The Labute approximate surface area is 92.8 Å². The second kappa shape index (κ2) is 11.0. The van der Waals surface area contributed by atoms with Gasteiger partial charge < -0.3 is 10.6 Å². The van der Waals surface area contributed by atoms with E-state index < -0.39 is 0 Å². The first-order valence-electron chi connectivity index (χ1n) is 5.53. The van der Waals surface area contributed by atoms with Crippen LogP contribution in [0.25, 0.3) is 0 Å². The monoisotopic (exact) mass is 216 g/mol. The molecule has 4 nitrogen and oxygen atoms in total. The normalized spacial score (nSPS) is 8.93. The number of amides is 2. The lowest BCUT2D eigenvalue weighted by Gasteiger charge is -2.06. The molecule has 0 aliphatic carbocycles. The lowest BCUT2D eigenvalue weighted by atomic mass is 10.1. The topological polar surface area (TPSA) is 58.2 Å². The molecule has 0 heterocycles. The van der Waals surface area contributed by atoms with Gasteiger partial charge in [0.2, 0.25) is 11.8 Å². The quantitative estimate of drug-likeness (QED) is 0.681. The van der Waals surface area contributed by atoms with Crippen LogP contribution in [-0.2, 0) is 9.59 Å². The van der Waals surface area contributed by atoms with Crippen molar-refractivity contribution in [3.8, 4) is 0 Å². The predicted molar refractivity (Wildman–Crippen MR) is 62.5 cm³/mol. The summed E-state index contributed by atoms with van der Waals surface area (Å²) < 4.78 is 0. The fourth-order valence-electron chi connectivity index (χ4n) is 0.883. The first kappa shape index (κ1) is 16.4. The Bertz CT molecular complexity index is 179. The Morgan fingerprint density at radius 1 is 1.07 bits per heavy atom. The van der Waals surface area contributed by atoms with Crippen LogP contribution < -0.4 is 10.6 Å². The van der Waals surface area contributed by atoms with E-state index in [4.69, 9.17) is 0 Å². The van der Waals surface area contributed by atoms with Gasteiger partial charge in [-0.25, -0.2) is 0 Å². The SMILES string of the molecule is CC.CC(=O)NCCNC(=O)CC(C)C. The van der Waals surface area contributed by atoms with Gasteiger partial charge in [0.25, 0.3) is 0 Å². The van der Waals surface area contributed by atoms with E-state index in [1.807, 2.05) is 27.7 Å². The van der Waals surface area contributed by atoms with Gasteiger partial charge in [-0.3, -0.25) is 9.59 Å². The number of hydrogen-bond acceptors (Lipinski definition) is 2. The Hall–Kier alpha value is -1.06. The maximum absolute atomic E-state index is 11.1. The molecular weight excluding hydrogens is 192 g/mol. The van der Waals surface area contributed by atoms with Gasteiger partial charge in [0.15, 0.2) is 0 Å². The summed E-state index contributed by atoms with van der Waals surface area (Å²) in [4.78, 5) is 21.5. The fourth-order valence-corrected chi connectivity index (χ4v) is 0.883. The van der Waals surface area contributed by atoms with Crippen LogP contribution in [0.1, 0.15) is 41.0 Å². The van der Waals surface area contributed by atoms with Gasteiger partial charge >= 0.3 is 0 Å². The third-order valence-corrected chi connectivity index (χ3v) is 1.41. The summed E-state index contributed by atoms with van der Waals surface area (Å²) in [5.41, 5.74) is 0. The lowest BCUT2D eigenvalue weighted by molar-refractivity contribution is -0.122. The van der Waals surface area contributed by atoms with Gasteiger partial charge in [0.1, 0.15) is 0 Å². The van der Waals surface area contributed by atoms with E-state index in [-0.39, 0.29) is 11.8 Å². The van der Waals surface area contributed by atoms with Crippen molar-refractivity contribution in [2.24, 2.45) is 5.92 Å². The molecule has 15 heavy (non-hydrogen) atoms. The molecule has 2 N–H and O–H groups in total. The van der Waals surface area contributed by atoms with E-state index in [0.717, 1.165) is 0 Å². The van der Waals surface area contributed by atoms with Crippen LogP contribution in [0.4, 0.5) is 0 Å². The zero-order valence-corrected chi connectivity index (χ0v) is 10.5. The smallest absolute Gasteiger partial charge is 0.220 e. The molecule has 0 aliphatic heterocycles. The Balaban J connectivity index is 0. The summed E-state index contributed by atoms with van der Waals surface area (Å²) >= 11 is 0. The molecule has 90 valence electrons. The molecule has 0 aromatic rings. The lowest BCUT2D eigenvalue weighted by Crippen LogP contribution is -2.34. The fraction of sp³-hybridized carbons (Fsp3) is 0.818. The van der Waals surface area contributed by atoms with Crippen molar-refractivity contribution in [3.63, 3.8) is 0 Å². The minimum atomic E-state index is -0.0712. The average molecular weight is 216 g/mol. The molecule has 2 amide bonds. The van der Waals surface area contributed by atoms with Crippen LogP contribution in [-0.4, -0.2) is 24.9 Å². The van der Waals surface area contributed by atoms with Crippen LogP contribution in [0.3, 0.4) is 0 Å². The Morgan fingerprint density at radius 2 is 1.53 bits per heavy atom. The van der Waals surface area contributed by atoms with E-state index in [0.29, 0.717) is 25.4 Å². The Morgan fingerprint density at radius 3 is 1.93 bits per heavy atom. The number of hydrogen-bond donors (Lipinski definition) is 2. The number of nitrogens with one attached hydrogen (secondary N) is 2. The third-order valence-electron chi connectivity index (χ3n) is 1.41. The number of rotatable bonds is 5. The van der Waals surface area contributed by atoms with Crippen LogP contribution >= 0.6 is 0 Å². The molecule has 0 unspecified atom stereocenters. The van der Waals surface area contributed by atoms with Gasteiger partial charge in [-0.05, 0) is 5.92 Å². The van der Waals surface area contributed by atoms with Gasteiger partial charge in [-0.2, -0.15) is 0 Å². The molecule has 0 bridgehead atoms. The molecule has 0 saturated heterocycles. The second-order valence-electron chi connectivity index (χ2n) is 3.43. The van der Waals surface area contributed by atoms with Crippen molar-refractivity contribution in [1.29, 1.82) is 0 Å². The highest BCUT2D eigenvalue weighted by Gasteiger charge is 2.02. The minimum Gasteiger partial charge on any atom is -0.355 e. The van der Waals surface area contributed by atoms with Crippen molar-refractivity contribution < 1.29 is 9.59 Å². The summed E-state index contributed by atoms with van der Waals surface area (Å²) in [5.74, 6) is 0.347. The van der Waals surface area contributed by atoms with Crippen LogP contribution in [0.2, 0.25) is 0 Å².